The number of terminal acetylenes is 1. The first-order chi connectivity index (χ1) is 14.3. The SMILES string of the molecule is C#C[C@@]1(Cc2ccccc2)C(NS(=O)(=O)c2ccc(C)cc2)=C[C@H]2CC[C@@H]1CC2=O. The summed E-state index contributed by atoms with van der Waals surface area (Å²) < 4.78 is 29.2. The van der Waals surface area contributed by atoms with Crippen LogP contribution in [0.25, 0.3) is 0 Å². The summed E-state index contributed by atoms with van der Waals surface area (Å²) in [5, 5.41) is 0. The minimum Gasteiger partial charge on any atom is -0.299 e. The van der Waals surface area contributed by atoms with Gasteiger partial charge >= 0.3 is 0 Å². The molecule has 1 fully saturated rings. The molecule has 30 heavy (non-hydrogen) atoms. The van der Waals surface area contributed by atoms with Crippen LogP contribution in [0, 0.1) is 36.5 Å². The molecule has 0 unspecified atom stereocenters. The normalized spacial score (nSPS) is 25.9. The number of carbonyl (C=O) groups is 1. The molecule has 5 rings (SSSR count). The molecular weight excluding hydrogens is 394 g/mol. The zero-order chi connectivity index (χ0) is 21.4. The van der Waals surface area contributed by atoms with Crippen molar-refractivity contribution in [3.8, 4) is 12.3 Å². The average Bonchev–Trinajstić information content (AvgIpc) is 2.93. The minimum absolute atomic E-state index is 0.0964. The van der Waals surface area contributed by atoms with Crippen molar-refractivity contribution in [3.63, 3.8) is 0 Å². The number of ketones is 1. The summed E-state index contributed by atoms with van der Waals surface area (Å²) in [7, 11) is -3.83. The smallest absolute Gasteiger partial charge is 0.261 e. The summed E-state index contributed by atoms with van der Waals surface area (Å²) in [4.78, 5) is 12.8. The van der Waals surface area contributed by atoms with E-state index in [1.165, 1.54) is 0 Å². The monoisotopic (exact) mass is 419 g/mol. The van der Waals surface area contributed by atoms with Gasteiger partial charge in [-0.2, -0.15) is 0 Å². The highest BCUT2D eigenvalue weighted by Crippen LogP contribution is 2.49. The van der Waals surface area contributed by atoms with E-state index >= 15 is 0 Å². The Bertz CT molecular complexity index is 1130. The van der Waals surface area contributed by atoms with E-state index in [9.17, 15) is 13.2 Å². The standard InChI is InChI=1S/C25H25NO3S/c1-3-25(17-19-7-5-4-6-8-19)21-12-11-20(23(27)16-21)15-24(25)26-30(28,29)22-13-9-18(2)10-14-22/h1,4-10,13-15,20-21,26H,11-12,16-17H2,2H3/t20-,21-,25+/m1/s1. The zero-order valence-electron chi connectivity index (χ0n) is 17.0. The molecule has 2 bridgehead atoms. The first-order valence-electron chi connectivity index (χ1n) is 10.2. The van der Waals surface area contributed by atoms with Gasteiger partial charge in [-0.05, 0) is 49.8 Å². The number of hydrogen-bond donors (Lipinski definition) is 1. The number of allylic oxidation sites excluding steroid dienone is 2. The Morgan fingerprint density at radius 1 is 1.10 bits per heavy atom. The van der Waals surface area contributed by atoms with Gasteiger partial charge in [0, 0.05) is 18.0 Å². The highest BCUT2D eigenvalue weighted by molar-refractivity contribution is 7.89. The van der Waals surface area contributed by atoms with Crippen molar-refractivity contribution in [1.82, 2.24) is 4.72 Å². The van der Waals surface area contributed by atoms with Gasteiger partial charge in [-0.3, -0.25) is 9.52 Å². The van der Waals surface area contributed by atoms with Crippen molar-refractivity contribution >= 4 is 15.8 Å². The molecule has 0 aliphatic heterocycles. The maximum absolute atomic E-state index is 13.2. The van der Waals surface area contributed by atoms with Gasteiger partial charge in [-0.25, -0.2) is 8.42 Å². The van der Waals surface area contributed by atoms with Crippen LogP contribution in [0.3, 0.4) is 0 Å². The molecule has 2 aromatic rings. The Morgan fingerprint density at radius 3 is 2.43 bits per heavy atom. The number of Topliss-reactive ketones (excluding diaryl/α,β-unsaturated/α-hetero) is 1. The van der Waals surface area contributed by atoms with Gasteiger partial charge < -0.3 is 0 Å². The van der Waals surface area contributed by atoms with Crippen LogP contribution >= 0.6 is 0 Å². The van der Waals surface area contributed by atoms with Crippen LogP contribution in [0.1, 0.15) is 30.4 Å². The molecule has 0 heterocycles. The van der Waals surface area contributed by atoms with Gasteiger partial charge in [0.15, 0.2) is 0 Å². The van der Waals surface area contributed by atoms with E-state index in [1.54, 1.807) is 30.3 Å². The third-order valence-corrected chi connectivity index (χ3v) is 7.77. The molecule has 0 amide bonds. The lowest BCUT2D eigenvalue weighted by atomic mass is 9.66. The predicted molar refractivity (Wildman–Crippen MR) is 117 cm³/mol. The van der Waals surface area contributed by atoms with Crippen molar-refractivity contribution < 1.29 is 13.2 Å². The number of nitrogens with one attached hydrogen (secondary N) is 1. The molecule has 4 nitrogen and oxygen atoms in total. The van der Waals surface area contributed by atoms with Gasteiger partial charge in [0.25, 0.3) is 10.0 Å². The molecule has 1 N–H and O–H groups in total. The Balaban J connectivity index is 1.79. The van der Waals surface area contributed by atoms with Crippen LogP contribution < -0.4 is 4.72 Å². The molecule has 5 heteroatoms. The highest BCUT2D eigenvalue weighted by Gasteiger charge is 2.49. The predicted octanol–water partition coefficient (Wildman–Crippen LogP) is 4.02. The Morgan fingerprint density at radius 2 is 1.80 bits per heavy atom. The number of benzene rings is 2. The number of carbonyl (C=O) groups excluding carboxylic acids is 1. The van der Waals surface area contributed by atoms with E-state index in [2.05, 4.69) is 10.6 Å². The second kappa shape index (κ2) is 7.77. The minimum atomic E-state index is -3.83. The molecule has 0 saturated heterocycles. The number of hydrogen-bond acceptors (Lipinski definition) is 3. The van der Waals surface area contributed by atoms with Crippen LogP contribution in [0.5, 0.6) is 0 Å². The largest absolute Gasteiger partial charge is 0.299 e. The summed E-state index contributed by atoms with van der Waals surface area (Å²) >= 11 is 0. The Hall–Kier alpha value is -2.84. The Labute approximate surface area is 178 Å². The number of aryl methyl sites for hydroxylation is 1. The summed E-state index contributed by atoms with van der Waals surface area (Å²) in [6.07, 6.45) is 10.3. The fourth-order valence-corrected chi connectivity index (χ4v) is 5.81. The van der Waals surface area contributed by atoms with Crippen LogP contribution in [0.4, 0.5) is 0 Å². The van der Waals surface area contributed by atoms with Crippen molar-refractivity contribution in [2.75, 3.05) is 0 Å². The summed E-state index contributed by atoms with van der Waals surface area (Å²) in [6.45, 7) is 1.91. The van der Waals surface area contributed by atoms with Crippen LogP contribution in [0.2, 0.25) is 0 Å². The first-order valence-corrected chi connectivity index (χ1v) is 11.7. The van der Waals surface area contributed by atoms with Crippen LogP contribution in [-0.2, 0) is 21.2 Å². The highest BCUT2D eigenvalue weighted by atomic mass is 32.2. The topological polar surface area (TPSA) is 63.2 Å². The summed E-state index contributed by atoms with van der Waals surface area (Å²) in [5.41, 5.74) is 1.59. The molecule has 0 radical (unpaired) electrons. The molecule has 1 saturated carbocycles. The second-order valence-electron chi connectivity index (χ2n) is 8.33. The first kappa shape index (κ1) is 20.4. The molecule has 3 atom stereocenters. The molecule has 3 aliphatic rings. The van der Waals surface area contributed by atoms with Gasteiger partial charge in [-0.15, -0.1) is 6.42 Å². The van der Waals surface area contributed by atoms with Crippen molar-refractivity contribution in [3.05, 3.63) is 77.5 Å². The van der Waals surface area contributed by atoms with E-state index in [-0.39, 0.29) is 22.5 Å². The molecule has 2 aromatic carbocycles. The lowest BCUT2D eigenvalue weighted by molar-refractivity contribution is -0.124. The fourth-order valence-electron chi connectivity index (χ4n) is 4.65. The molecular formula is C25H25NO3S. The molecule has 0 aromatic heterocycles. The summed E-state index contributed by atoms with van der Waals surface area (Å²) in [5.74, 6) is 2.70. The third-order valence-electron chi connectivity index (χ3n) is 6.39. The molecule has 3 aliphatic carbocycles. The zero-order valence-corrected chi connectivity index (χ0v) is 17.8. The average molecular weight is 420 g/mol. The molecule has 0 spiro atoms. The van der Waals surface area contributed by atoms with E-state index in [1.807, 2.05) is 37.3 Å². The van der Waals surface area contributed by atoms with Gasteiger partial charge in [0.1, 0.15) is 5.78 Å². The maximum Gasteiger partial charge on any atom is 0.261 e. The lowest BCUT2D eigenvalue weighted by Gasteiger charge is -2.38. The van der Waals surface area contributed by atoms with Gasteiger partial charge in [0.05, 0.1) is 10.3 Å². The van der Waals surface area contributed by atoms with E-state index in [4.69, 9.17) is 6.42 Å². The van der Waals surface area contributed by atoms with Crippen LogP contribution in [0.15, 0.2) is 71.3 Å². The van der Waals surface area contributed by atoms with Gasteiger partial charge in [-0.1, -0.05) is 60.0 Å². The Kier molecular flexibility index (Phi) is 5.29. The quantitative estimate of drug-likeness (QED) is 0.745. The van der Waals surface area contributed by atoms with E-state index in [0.717, 1.165) is 17.5 Å². The number of sulfonamides is 1. The fraction of sp³-hybridized carbons (Fsp3) is 0.320. The van der Waals surface area contributed by atoms with Crippen molar-refractivity contribution in [2.45, 2.75) is 37.5 Å². The van der Waals surface area contributed by atoms with Gasteiger partial charge in [0.2, 0.25) is 0 Å². The second-order valence-corrected chi connectivity index (χ2v) is 10.0. The maximum atomic E-state index is 13.2. The summed E-state index contributed by atoms with van der Waals surface area (Å²) in [6, 6.07) is 16.5. The number of rotatable bonds is 5. The number of fused-ring (bicyclic) bond motifs is 3. The van der Waals surface area contributed by atoms with E-state index < -0.39 is 15.4 Å². The van der Waals surface area contributed by atoms with E-state index in [0.29, 0.717) is 25.0 Å². The van der Waals surface area contributed by atoms with Crippen LogP contribution in [-0.4, -0.2) is 14.2 Å². The third kappa shape index (κ3) is 3.68. The van der Waals surface area contributed by atoms with Crippen molar-refractivity contribution in [2.24, 2.45) is 17.3 Å². The molecule has 154 valence electrons. The van der Waals surface area contributed by atoms with Crippen molar-refractivity contribution in [1.29, 1.82) is 0 Å². The lowest BCUT2D eigenvalue weighted by Crippen LogP contribution is -2.41.